The van der Waals surface area contributed by atoms with E-state index in [1.54, 1.807) is 37.3 Å². The molecule has 0 radical (unpaired) electrons. The minimum Gasteiger partial charge on any atom is -0.482 e. The Morgan fingerprint density at radius 3 is 2.36 bits per heavy atom. The Kier molecular flexibility index (Phi) is 7.13. The van der Waals surface area contributed by atoms with Crippen LogP contribution in [0.3, 0.4) is 0 Å². The molecule has 1 N–H and O–H groups in total. The molecular formula is C19H22N2O6S. The number of sulfonamides is 1. The lowest BCUT2D eigenvalue weighted by molar-refractivity contribution is -0.149. The second-order valence-electron chi connectivity index (χ2n) is 6.07. The molecule has 0 bridgehead atoms. The third kappa shape index (κ3) is 5.80. The Hall–Kier alpha value is -2.91. The molecule has 2 aromatic rings. The van der Waals surface area contributed by atoms with Crippen molar-refractivity contribution in [1.29, 1.82) is 0 Å². The quantitative estimate of drug-likeness (QED) is 0.671. The summed E-state index contributed by atoms with van der Waals surface area (Å²) in [7, 11) is -0.789. The number of hydrogen-bond donors (Lipinski definition) is 1. The summed E-state index contributed by atoms with van der Waals surface area (Å²) >= 11 is 0. The van der Waals surface area contributed by atoms with Crippen molar-refractivity contribution in [2.24, 2.45) is 0 Å². The minimum absolute atomic E-state index is 0.0478. The number of benzene rings is 2. The first-order valence-electron chi connectivity index (χ1n) is 8.36. The van der Waals surface area contributed by atoms with E-state index in [0.717, 1.165) is 4.31 Å². The Labute approximate surface area is 164 Å². The summed E-state index contributed by atoms with van der Waals surface area (Å²) in [4.78, 5) is 23.8. The van der Waals surface area contributed by atoms with Crippen LogP contribution in [0.25, 0.3) is 0 Å². The molecule has 0 saturated carbocycles. The first-order chi connectivity index (χ1) is 13.2. The molecule has 1 amide bonds. The molecule has 2 rings (SSSR count). The highest BCUT2D eigenvalue weighted by Gasteiger charge is 2.19. The van der Waals surface area contributed by atoms with Crippen LogP contribution in [0.5, 0.6) is 5.75 Å². The third-order valence-corrected chi connectivity index (χ3v) is 5.54. The molecule has 0 aliphatic rings. The average Bonchev–Trinajstić information content (AvgIpc) is 2.67. The van der Waals surface area contributed by atoms with Gasteiger partial charge in [0, 0.05) is 19.8 Å². The molecule has 0 aliphatic heterocycles. The second-order valence-corrected chi connectivity index (χ2v) is 8.23. The lowest BCUT2D eigenvalue weighted by Gasteiger charge is -2.14. The number of aryl methyl sites for hydroxylation is 1. The van der Waals surface area contributed by atoms with Crippen LogP contribution in [0.4, 0.5) is 5.69 Å². The maximum atomic E-state index is 12.2. The first kappa shape index (κ1) is 21.4. The number of nitrogens with one attached hydrogen (secondary N) is 1. The van der Waals surface area contributed by atoms with Gasteiger partial charge in [-0.15, -0.1) is 0 Å². The van der Waals surface area contributed by atoms with Gasteiger partial charge in [-0.1, -0.05) is 24.3 Å². The molecule has 0 aliphatic carbocycles. The number of hydrogen-bond acceptors (Lipinski definition) is 6. The van der Waals surface area contributed by atoms with Crippen molar-refractivity contribution in [2.45, 2.75) is 11.8 Å². The van der Waals surface area contributed by atoms with Crippen molar-refractivity contribution in [1.82, 2.24) is 4.31 Å². The minimum atomic E-state index is -3.63. The van der Waals surface area contributed by atoms with Crippen molar-refractivity contribution in [3.8, 4) is 5.75 Å². The van der Waals surface area contributed by atoms with Gasteiger partial charge in [0.25, 0.3) is 5.91 Å². The molecule has 9 heteroatoms. The molecule has 150 valence electrons. The van der Waals surface area contributed by atoms with Crippen LogP contribution in [-0.2, 0) is 24.3 Å². The predicted octanol–water partition coefficient (Wildman–Crippen LogP) is 1.81. The van der Waals surface area contributed by atoms with Gasteiger partial charge in [-0.2, -0.15) is 0 Å². The molecule has 2 aromatic carbocycles. The van der Waals surface area contributed by atoms with Gasteiger partial charge in [-0.05, 0) is 36.8 Å². The topological polar surface area (TPSA) is 102 Å². The number of nitrogens with zero attached hydrogens (tertiary/aromatic N) is 1. The number of amides is 1. The van der Waals surface area contributed by atoms with Gasteiger partial charge < -0.3 is 14.8 Å². The van der Waals surface area contributed by atoms with E-state index in [2.05, 4.69) is 5.32 Å². The Bertz CT molecular complexity index is 942. The summed E-state index contributed by atoms with van der Waals surface area (Å²) in [6.07, 6.45) is 0. The molecule has 0 heterocycles. The zero-order valence-electron chi connectivity index (χ0n) is 15.8. The van der Waals surface area contributed by atoms with E-state index < -0.39 is 28.5 Å². The average molecular weight is 406 g/mol. The summed E-state index contributed by atoms with van der Waals surface area (Å²) < 4.78 is 35.6. The van der Waals surface area contributed by atoms with Gasteiger partial charge in [0.15, 0.2) is 13.2 Å². The fourth-order valence-corrected chi connectivity index (χ4v) is 3.07. The number of carbonyl (C=O) groups excluding carboxylic acids is 2. The van der Waals surface area contributed by atoms with Crippen molar-refractivity contribution in [3.05, 3.63) is 54.1 Å². The zero-order chi connectivity index (χ0) is 20.7. The normalized spacial score (nSPS) is 11.1. The maximum Gasteiger partial charge on any atom is 0.344 e. The molecular weight excluding hydrogens is 384 g/mol. The van der Waals surface area contributed by atoms with E-state index in [4.69, 9.17) is 9.47 Å². The Balaban J connectivity index is 1.91. The second kappa shape index (κ2) is 9.34. The van der Waals surface area contributed by atoms with Gasteiger partial charge in [0.1, 0.15) is 5.75 Å². The SMILES string of the molecule is Cc1ccc(S(=O)(=O)N(C)C)cc1NC(=O)COC(=O)COc1ccccc1. The molecule has 0 saturated heterocycles. The number of para-hydroxylation sites is 1. The monoisotopic (exact) mass is 406 g/mol. The molecule has 0 unspecified atom stereocenters. The fourth-order valence-electron chi connectivity index (χ4n) is 2.14. The summed E-state index contributed by atoms with van der Waals surface area (Å²) in [5.74, 6) is -0.770. The predicted molar refractivity (Wildman–Crippen MR) is 104 cm³/mol. The third-order valence-electron chi connectivity index (χ3n) is 3.73. The van der Waals surface area contributed by atoms with E-state index in [1.807, 2.05) is 6.07 Å². The van der Waals surface area contributed by atoms with E-state index in [1.165, 1.54) is 26.2 Å². The van der Waals surface area contributed by atoms with Gasteiger partial charge in [0.05, 0.1) is 4.90 Å². The number of carbonyl (C=O) groups is 2. The van der Waals surface area contributed by atoms with Crippen LogP contribution < -0.4 is 10.1 Å². The molecule has 0 fully saturated rings. The van der Waals surface area contributed by atoms with E-state index >= 15 is 0 Å². The van der Waals surface area contributed by atoms with Gasteiger partial charge in [-0.3, -0.25) is 4.79 Å². The van der Waals surface area contributed by atoms with Crippen LogP contribution in [0.1, 0.15) is 5.56 Å². The number of esters is 1. The first-order valence-corrected chi connectivity index (χ1v) is 9.80. The van der Waals surface area contributed by atoms with Crippen molar-refractivity contribution < 1.29 is 27.5 Å². The largest absolute Gasteiger partial charge is 0.482 e. The van der Waals surface area contributed by atoms with Crippen LogP contribution >= 0.6 is 0 Å². The smallest absolute Gasteiger partial charge is 0.344 e. The molecule has 0 atom stereocenters. The van der Waals surface area contributed by atoms with E-state index in [9.17, 15) is 18.0 Å². The van der Waals surface area contributed by atoms with Crippen molar-refractivity contribution in [2.75, 3.05) is 32.6 Å². The van der Waals surface area contributed by atoms with E-state index in [0.29, 0.717) is 17.0 Å². The molecule has 0 spiro atoms. The standard InChI is InChI=1S/C19H22N2O6S/c1-14-9-10-16(28(24,25)21(2)3)11-17(14)20-18(22)12-27-19(23)13-26-15-7-5-4-6-8-15/h4-11H,12-13H2,1-3H3,(H,20,22). The highest BCUT2D eigenvalue weighted by molar-refractivity contribution is 7.89. The highest BCUT2D eigenvalue weighted by atomic mass is 32.2. The lowest BCUT2D eigenvalue weighted by atomic mass is 10.2. The van der Waals surface area contributed by atoms with Gasteiger partial charge in [0.2, 0.25) is 10.0 Å². The molecule has 8 nitrogen and oxygen atoms in total. The zero-order valence-corrected chi connectivity index (χ0v) is 16.7. The summed E-state index contributed by atoms with van der Waals surface area (Å²) in [6.45, 7) is 0.884. The number of rotatable bonds is 8. The van der Waals surface area contributed by atoms with Crippen LogP contribution in [-0.4, -0.2) is 51.9 Å². The maximum absolute atomic E-state index is 12.2. The molecule has 28 heavy (non-hydrogen) atoms. The fraction of sp³-hybridized carbons (Fsp3) is 0.263. The summed E-state index contributed by atoms with van der Waals surface area (Å²) in [6, 6.07) is 13.1. The van der Waals surface area contributed by atoms with Crippen LogP contribution in [0.2, 0.25) is 0 Å². The van der Waals surface area contributed by atoms with Crippen molar-refractivity contribution in [3.63, 3.8) is 0 Å². The van der Waals surface area contributed by atoms with Crippen LogP contribution in [0.15, 0.2) is 53.4 Å². The summed E-state index contributed by atoms with van der Waals surface area (Å²) in [5.41, 5.74) is 0.995. The lowest BCUT2D eigenvalue weighted by Crippen LogP contribution is -2.25. The summed E-state index contributed by atoms with van der Waals surface area (Å²) in [5, 5.41) is 2.55. The van der Waals surface area contributed by atoms with Gasteiger partial charge >= 0.3 is 5.97 Å². The number of anilines is 1. The Morgan fingerprint density at radius 1 is 1.04 bits per heavy atom. The van der Waals surface area contributed by atoms with Gasteiger partial charge in [-0.25, -0.2) is 17.5 Å². The van der Waals surface area contributed by atoms with Crippen LogP contribution in [0, 0.1) is 6.92 Å². The van der Waals surface area contributed by atoms with E-state index in [-0.39, 0.29) is 11.5 Å². The number of ether oxygens (including phenoxy) is 2. The molecule has 0 aromatic heterocycles. The Morgan fingerprint density at radius 2 is 1.71 bits per heavy atom. The highest BCUT2D eigenvalue weighted by Crippen LogP contribution is 2.22. The van der Waals surface area contributed by atoms with Crippen molar-refractivity contribution >= 4 is 27.6 Å².